The zero-order valence-corrected chi connectivity index (χ0v) is 11.2. The number of hydrogen-bond acceptors (Lipinski definition) is 3. The molecule has 1 aromatic carbocycles. The molecule has 0 aliphatic carbocycles. The number of aliphatic hydroxyl groups is 1. The Hall–Kier alpha value is -1.46. The lowest BCUT2D eigenvalue weighted by Gasteiger charge is -2.25. The first kappa shape index (κ1) is 15.6. The molecule has 1 rings (SSSR count). The number of likely N-dealkylation sites (N-methyl/N-ethyl adjacent to an activating group) is 1. The van der Waals surface area contributed by atoms with Crippen LogP contribution in [0.2, 0.25) is 0 Å². The van der Waals surface area contributed by atoms with E-state index in [1.54, 1.807) is 19.2 Å². The Morgan fingerprint density at radius 3 is 2.74 bits per heavy atom. The van der Waals surface area contributed by atoms with E-state index in [2.05, 4.69) is 0 Å². The lowest BCUT2D eigenvalue weighted by Crippen LogP contribution is -2.36. The van der Waals surface area contributed by atoms with Crippen molar-refractivity contribution < 1.29 is 14.3 Å². The van der Waals surface area contributed by atoms with Gasteiger partial charge in [0.1, 0.15) is 11.9 Å². The molecule has 0 spiro atoms. The maximum atomic E-state index is 13.2. The molecule has 0 bridgehead atoms. The second-order valence-electron chi connectivity index (χ2n) is 4.62. The Morgan fingerprint density at radius 1 is 1.42 bits per heavy atom. The molecule has 19 heavy (non-hydrogen) atoms. The fourth-order valence-corrected chi connectivity index (χ4v) is 2.09. The van der Waals surface area contributed by atoms with Crippen molar-refractivity contribution in [1.29, 1.82) is 0 Å². The van der Waals surface area contributed by atoms with Crippen molar-refractivity contribution in [2.24, 2.45) is 5.73 Å². The number of nitrogens with two attached hydrogens (primary N) is 1. The number of nitrogens with zero attached hydrogens (tertiary/aromatic N) is 1. The minimum Gasteiger partial charge on any atom is -0.396 e. The molecule has 0 radical (unpaired) electrons. The molecule has 5 heteroatoms. The maximum Gasteiger partial charge on any atom is 0.239 e. The summed E-state index contributed by atoms with van der Waals surface area (Å²) in [5.41, 5.74) is 5.97. The summed E-state index contributed by atoms with van der Waals surface area (Å²) in [5.74, 6) is -0.868. The Kier molecular flexibility index (Phi) is 6.45. The Balaban J connectivity index is 2.69. The number of primary amides is 1. The van der Waals surface area contributed by atoms with Gasteiger partial charge in [-0.3, -0.25) is 9.69 Å². The fourth-order valence-electron chi connectivity index (χ4n) is 2.09. The van der Waals surface area contributed by atoms with Crippen LogP contribution in [0.3, 0.4) is 0 Å². The summed E-state index contributed by atoms with van der Waals surface area (Å²) in [6.45, 7) is 0.844. The van der Waals surface area contributed by atoms with Crippen LogP contribution in [0.4, 0.5) is 4.39 Å². The van der Waals surface area contributed by atoms with Gasteiger partial charge in [-0.25, -0.2) is 4.39 Å². The smallest absolute Gasteiger partial charge is 0.239 e. The summed E-state index contributed by atoms with van der Waals surface area (Å²) in [6.07, 6.45) is 2.49. The lowest BCUT2D eigenvalue weighted by molar-refractivity contribution is -0.123. The van der Waals surface area contributed by atoms with E-state index in [9.17, 15) is 9.18 Å². The Bertz CT molecular complexity index is 412. The molecule has 0 fully saturated rings. The van der Waals surface area contributed by atoms with Gasteiger partial charge in [-0.1, -0.05) is 12.1 Å². The SMILES string of the molecule is CN(CCCCCO)C(C(N)=O)c1cccc(F)c1. The molecule has 0 aliphatic heterocycles. The van der Waals surface area contributed by atoms with Crippen LogP contribution in [0.15, 0.2) is 24.3 Å². The van der Waals surface area contributed by atoms with E-state index < -0.39 is 11.9 Å². The molecule has 0 aromatic heterocycles. The highest BCUT2D eigenvalue weighted by atomic mass is 19.1. The van der Waals surface area contributed by atoms with Crippen LogP contribution in [0.5, 0.6) is 0 Å². The molecule has 1 aromatic rings. The van der Waals surface area contributed by atoms with Gasteiger partial charge >= 0.3 is 0 Å². The zero-order chi connectivity index (χ0) is 14.3. The van der Waals surface area contributed by atoms with Crippen LogP contribution in [0.25, 0.3) is 0 Å². The van der Waals surface area contributed by atoms with E-state index in [0.717, 1.165) is 19.3 Å². The van der Waals surface area contributed by atoms with E-state index in [0.29, 0.717) is 12.1 Å². The van der Waals surface area contributed by atoms with Crippen LogP contribution in [0.1, 0.15) is 30.9 Å². The predicted molar refractivity (Wildman–Crippen MR) is 71.9 cm³/mol. The Morgan fingerprint density at radius 2 is 2.16 bits per heavy atom. The summed E-state index contributed by atoms with van der Waals surface area (Å²) in [4.78, 5) is 13.4. The topological polar surface area (TPSA) is 66.6 Å². The van der Waals surface area contributed by atoms with Crippen molar-refractivity contribution in [2.45, 2.75) is 25.3 Å². The van der Waals surface area contributed by atoms with E-state index >= 15 is 0 Å². The lowest BCUT2D eigenvalue weighted by atomic mass is 10.0. The van der Waals surface area contributed by atoms with Gasteiger partial charge in [0.2, 0.25) is 5.91 Å². The van der Waals surface area contributed by atoms with Gasteiger partial charge in [0.15, 0.2) is 0 Å². The number of carbonyl (C=O) groups excluding carboxylic acids is 1. The summed E-state index contributed by atoms with van der Waals surface area (Å²) in [6, 6.07) is 5.32. The summed E-state index contributed by atoms with van der Waals surface area (Å²) >= 11 is 0. The normalized spacial score (nSPS) is 12.6. The number of carbonyl (C=O) groups is 1. The maximum absolute atomic E-state index is 13.2. The first-order chi connectivity index (χ1) is 9.06. The number of amides is 1. The van der Waals surface area contributed by atoms with E-state index in [1.165, 1.54) is 12.1 Å². The number of unbranched alkanes of at least 4 members (excludes halogenated alkanes) is 2. The number of aliphatic hydroxyl groups excluding tert-OH is 1. The molecule has 4 nitrogen and oxygen atoms in total. The van der Waals surface area contributed by atoms with Crippen LogP contribution in [-0.4, -0.2) is 36.1 Å². The van der Waals surface area contributed by atoms with Gasteiger partial charge in [0.25, 0.3) is 0 Å². The fraction of sp³-hybridized carbons (Fsp3) is 0.500. The average Bonchev–Trinajstić information content (AvgIpc) is 2.34. The highest BCUT2D eigenvalue weighted by Crippen LogP contribution is 2.20. The zero-order valence-electron chi connectivity index (χ0n) is 11.2. The monoisotopic (exact) mass is 268 g/mol. The third kappa shape index (κ3) is 4.96. The van der Waals surface area contributed by atoms with E-state index in [4.69, 9.17) is 10.8 Å². The van der Waals surface area contributed by atoms with Crippen molar-refractivity contribution in [3.8, 4) is 0 Å². The van der Waals surface area contributed by atoms with E-state index in [-0.39, 0.29) is 12.4 Å². The van der Waals surface area contributed by atoms with Gasteiger partial charge in [0.05, 0.1) is 0 Å². The third-order valence-electron chi connectivity index (χ3n) is 3.04. The molecule has 106 valence electrons. The van der Waals surface area contributed by atoms with Gasteiger partial charge in [0, 0.05) is 6.61 Å². The molecule has 1 unspecified atom stereocenters. The molecule has 0 saturated carbocycles. The molecule has 0 heterocycles. The quantitative estimate of drug-likeness (QED) is 0.701. The second kappa shape index (κ2) is 7.86. The van der Waals surface area contributed by atoms with Crippen molar-refractivity contribution >= 4 is 5.91 Å². The molecule has 1 amide bonds. The molecule has 1 atom stereocenters. The predicted octanol–water partition coefficient (Wildman–Crippen LogP) is 1.45. The largest absolute Gasteiger partial charge is 0.396 e. The summed E-state index contributed by atoms with van der Waals surface area (Å²) in [7, 11) is 1.79. The third-order valence-corrected chi connectivity index (χ3v) is 3.04. The van der Waals surface area contributed by atoms with Crippen LogP contribution < -0.4 is 5.73 Å². The minimum atomic E-state index is -0.621. The molecule has 3 N–H and O–H groups in total. The first-order valence-corrected chi connectivity index (χ1v) is 6.42. The Labute approximate surface area is 113 Å². The molecular formula is C14H21FN2O2. The molecule has 0 aliphatic rings. The first-order valence-electron chi connectivity index (χ1n) is 6.42. The second-order valence-corrected chi connectivity index (χ2v) is 4.62. The molecule has 0 saturated heterocycles. The number of halogens is 1. The van der Waals surface area contributed by atoms with Gasteiger partial charge < -0.3 is 10.8 Å². The van der Waals surface area contributed by atoms with Gasteiger partial charge in [-0.05, 0) is 50.6 Å². The standard InChI is InChI=1S/C14H21FN2O2/c1-17(8-3-2-4-9-18)13(14(16)19)11-6-5-7-12(15)10-11/h5-7,10,13,18H,2-4,8-9H2,1H3,(H2,16,19). The van der Waals surface area contributed by atoms with Crippen molar-refractivity contribution in [2.75, 3.05) is 20.2 Å². The highest BCUT2D eigenvalue weighted by molar-refractivity contribution is 5.81. The van der Waals surface area contributed by atoms with Crippen molar-refractivity contribution in [3.05, 3.63) is 35.6 Å². The number of hydrogen-bond donors (Lipinski definition) is 2. The minimum absolute atomic E-state index is 0.173. The molecular weight excluding hydrogens is 247 g/mol. The highest BCUT2D eigenvalue weighted by Gasteiger charge is 2.22. The summed E-state index contributed by atoms with van der Waals surface area (Å²) in [5, 5.41) is 8.71. The average molecular weight is 268 g/mol. The summed E-state index contributed by atoms with van der Waals surface area (Å²) < 4.78 is 13.2. The number of benzene rings is 1. The van der Waals surface area contributed by atoms with Gasteiger partial charge in [-0.2, -0.15) is 0 Å². The van der Waals surface area contributed by atoms with E-state index in [1.807, 2.05) is 4.90 Å². The van der Waals surface area contributed by atoms with Crippen molar-refractivity contribution in [3.63, 3.8) is 0 Å². The van der Waals surface area contributed by atoms with Crippen LogP contribution in [0, 0.1) is 5.82 Å². The number of rotatable bonds is 8. The van der Waals surface area contributed by atoms with Crippen LogP contribution >= 0.6 is 0 Å². The van der Waals surface area contributed by atoms with Gasteiger partial charge in [-0.15, -0.1) is 0 Å². The van der Waals surface area contributed by atoms with Crippen molar-refractivity contribution in [1.82, 2.24) is 4.90 Å². The van der Waals surface area contributed by atoms with Crippen LogP contribution in [-0.2, 0) is 4.79 Å².